The third kappa shape index (κ3) is 3.28. The van der Waals surface area contributed by atoms with Gasteiger partial charge >= 0.3 is 0 Å². The summed E-state index contributed by atoms with van der Waals surface area (Å²) in [5.74, 6) is 0. The summed E-state index contributed by atoms with van der Waals surface area (Å²) in [5, 5.41) is 2.13. The minimum atomic E-state index is -0.111. The van der Waals surface area contributed by atoms with Crippen LogP contribution >= 0.6 is 11.3 Å². The molecule has 0 aliphatic heterocycles. The quantitative estimate of drug-likeness (QED) is 0.684. The van der Waals surface area contributed by atoms with E-state index in [9.17, 15) is 0 Å². The molecule has 16 heavy (non-hydrogen) atoms. The minimum Gasteiger partial charge on any atom is -0.355 e. The molecule has 0 aromatic carbocycles. The van der Waals surface area contributed by atoms with Crippen LogP contribution in [-0.4, -0.2) is 38.0 Å². The molecule has 4 heteroatoms. The van der Waals surface area contributed by atoms with Crippen molar-refractivity contribution in [2.45, 2.75) is 31.7 Å². The van der Waals surface area contributed by atoms with Gasteiger partial charge in [-0.1, -0.05) is 6.07 Å². The Balaban J connectivity index is 1.89. The molecule has 0 atom stereocenters. The molecule has 1 heterocycles. The second-order valence-corrected chi connectivity index (χ2v) is 5.17. The van der Waals surface area contributed by atoms with Crippen molar-refractivity contribution < 1.29 is 9.47 Å². The highest BCUT2D eigenvalue weighted by Gasteiger charge is 2.30. The van der Waals surface area contributed by atoms with Crippen LogP contribution in [0.25, 0.3) is 0 Å². The summed E-state index contributed by atoms with van der Waals surface area (Å²) in [6.07, 6.45) is 2.51. The van der Waals surface area contributed by atoms with E-state index in [1.54, 1.807) is 14.2 Å². The summed E-state index contributed by atoms with van der Waals surface area (Å²) < 4.78 is 10.5. The molecule has 90 valence electrons. The van der Waals surface area contributed by atoms with Crippen LogP contribution in [0.3, 0.4) is 0 Å². The van der Waals surface area contributed by atoms with Gasteiger partial charge in [0.1, 0.15) is 0 Å². The van der Waals surface area contributed by atoms with Crippen molar-refractivity contribution in [3.63, 3.8) is 0 Å². The van der Waals surface area contributed by atoms with Gasteiger partial charge in [0.2, 0.25) is 0 Å². The van der Waals surface area contributed by atoms with Crippen LogP contribution in [0.15, 0.2) is 17.5 Å². The number of ether oxygens (including phenoxy) is 2. The van der Waals surface area contributed by atoms with Gasteiger partial charge in [-0.25, -0.2) is 0 Å². The minimum absolute atomic E-state index is 0.111. The normalized spacial score (nSPS) is 16.2. The summed E-state index contributed by atoms with van der Waals surface area (Å²) >= 11 is 1.82. The topological polar surface area (TPSA) is 21.7 Å². The molecule has 2 rings (SSSR count). The molecule has 0 spiro atoms. The van der Waals surface area contributed by atoms with E-state index in [0.29, 0.717) is 0 Å². The molecular weight excluding hydrogens is 222 g/mol. The monoisotopic (exact) mass is 241 g/mol. The fourth-order valence-corrected chi connectivity index (χ4v) is 2.55. The fourth-order valence-electron chi connectivity index (χ4n) is 1.82. The van der Waals surface area contributed by atoms with Gasteiger partial charge in [0.05, 0.1) is 6.54 Å². The third-order valence-corrected chi connectivity index (χ3v) is 3.77. The number of hydrogen-bond donors (Lipinski definition) is 0. The first-order valence-corrected chi connectivity index (χ1v) is 6.53. The Bertz CT molecular complexity index is 294. The SMILES string of the molecule is COC(CN(Cc1cccs1)C1CC1)OC. The summed E-state index contributed by atoms with van der Waals surface area (Å²) in [6, 6.07) is 5.03. The first kappa shape index (κ1) is 12.0. The van der Waals surface area contributed by atoms with Crippen molar-refractivity contribution in [2.75, 3.05) is 20.8 Å². The lowest BCUT2D eigenvalue weighted by atomic mass is 10.4. The molecule has 1 aromatic rings. The molecule has 0 radical (unpaired) electrons. The number of nitrogens with zero attached hydrogens (tertiary/aromatic N) is 1. The lowest BCUT2D eigenvalue weighted by Crippen LogP contribution is -2.35. The molecule has 1 aromatic heterocycles. The van der Waals surface area contributed by atoms with E-state index >= 15 is 0 Å². The van der Waals surface area contributed by atoms with E-state index in [1.165, 1.54) is 17.7 Å². The van der Waals surface area contributed by atoms with Gasteiger partial charge in [0.25, 0.3) is 0 Å². The zero-order valence-electron chi connectivity index (χ0n) is 9.89. The van der Waals surface area contributed by atoms with Crippen LogP contribution < -0.4 is 0 Å². The molecule has 1 aliphatic rings. The van der Waals surface area contributed by atoms with Crippen molar-refractivity contribution >= 4 is 11.3 Å². The Morgan fingerprint density at radius 3 is 2.69 bits per heavy atom. The third-order valence-electron chi connectivity index (χ3n) is 2.91. The Labute approximate surface area is 101 Å². The van der Waals surface area contributed by atoms with Gasteiger partial charge in [0.15, 0.2) is 6.29 Å². The Morgan fingerprint density at radius 2 is 2.19 bits per heavy atom. The smallest absolute Gasteiger partial charge is 0.169 e. The molecule has 0 amide bonds. The van der Waals surface area contributed by atoms with Crippen LogP contribution in [0.5, 0.6) is 0 Å². The van der Waals surface area contributed by atoms with Gasteiger partial charge in [-0.15, -0.1) is 11.3 Å². The average molecular weight is 241 g/mol. The van der Waals surface area contributed by atoms with Crippen LogP contribution in [0.4, 0.5) is 0 Å². The summed E-state index contributed by atoms with van der Waals surface area (Å²) in [6.45, 7) is 1.88. The van der Waals surface area contributed by atoms with Crippen molar-refractivity contribution in [3.05, 3.63) is 22.4 Å². The van der Waals surface area contributed by atoms with Crippen molar-refractivity contribution in [2.24, 2.45) is 0 Å². The fraction of sp³-hybridized carbons (Fsp3) is 0.667. The molecule has 0 N–H and O–H groups in total. The average Bonchev–Trinajstić information content (AvgIpc) is 3.03. The predicted octanol–water partition coefficient (Wildman–Crippen LogP) is 2.33. The van der Waals surface area contributed by atoms with Gasteiger partial charge in [-0.05, 0) is 24.3 Å². The zero-order valence-corrected chi connectivity index (χ0v) is 10.7. The summed E-state index contributed by atoms with van der Waals surface area (Å²) in [4.78, 5) is 3.88. The van der Waals surface area contributed by atoms with Crippen LogP contribution in [0, 0.1) is 0 Å². The zero-order chi connectivity index (χ0) is 11.4. The van der Waals surface area contributed by atoms with Crippen molar-refractivity contribution in [1.29, 1.82) is 0 Å². The van der Waals surface area contributed by atoms with E-state index in [4.69, 9.17) is 9.47 Å². The molecule has 1 saturated carbocycles. The van der Waals surface area contributed by atoms with Crippen LogP contribution in [0.2, 0.25) is 0 Å². The Kier molecular flexibility index (Phi) is 4.35. The highest BCUT2D eigenvalue weighted by Crippen LogP contribution is 2.29. The highest BCUT2D eigenvalue weighted by atomic mass is 32.1. The maximum absolute atomic E-state index is 5.27. The van der Waals surface area contributed by atoms with Crippen LogP contribution in [0.1, 0.15) is 17.7 Å². The molecule has 0 bridgehead atoms. The molecule has 0 unspecified atom stereocenters. The lowest BCUT2D eigenvalue weighted by Gasteiger charge is -2.25. The van der Waals surface area contributed by atoms with E-state index < -0.39 is 0 Å². The maximum atomic E-state index is 5.27. The number of rotatable bonds is 7. The Hall–Kier alpha value is -0.420. The molecule has 0 saturated heterocycles. The molecular formula is C12H19NO2S. The second-order valence-electron chi connectivity index (χ2n) is 4.14. The maximum Gasteiger partial charge on any atom is 0.169 e. The van der Waals surface area contributed by atoms with E-state index in [0.717, 1.165) is 19.1 Å². The predicted molar refractivity (Wildman–Crippen MR) is 65.6 cm³/mol. The molecule has 1 fully saturated rings. The lowest BCUT2D eigenvalue weighted by molar-refractivity contribution is -0.118. The van der Waals surface area contributed by atoms with E-state index in [2.05, 4.69) is 22.4 Å². The van der Waals surface area contributed by atoms with Gasteiger partial charge in [-0.3, -0.25) is 4.90 Å². The summed E-state index contributed by atoms with van der Waals surface area (Å²) in [5.41, 5.74) is 0. The number of methoxy groups -OCH3 is 2. The van der Waals surface area contributed by atoms with Gasteiger partial charge in [0, 0.05) is 31.7 Å². The molecule has 1 aliphatic carbocycles. The number of thiophene rings is 1. The summed E-state index contributed by atoms with van der Waals surface area (Å²) in [7, 11) is 3.40. The van der Waals surface area contributed by atoms with E-state index in [-0.39, 0.29) is 6.29 Å². The van der Waals surface area contributed by atoms with E-state index in [1.807, 2.05) is 11.3 Å². The van der Waals surface area contributed by atoms with Crippen molar-refractivity contribution in [1.82, 2.24) is 4.90 Å². The van der Waals surface area contributed by atoms with Gasteiger partial charge in [-0.2, -0.15) is 0 Å². The second kappa shape index (κ2) is 5.77. The standard InChI is InChI=1S/C12H19NO2S/c1-14-12(15-2)9-13(10-5-6-10)8-11-4-3-7-16-11/h3-4,7,10,12H,5-6,8-9H2,1-2H3. The molecule has 3 nitrogen and oxygen atoms in total. The van der Waals surface area contributed by atoms with Gasteiger partial charge < -0.3 is 9.47 Å². The first-order chi connectivity index (χ1) is 7.83. The number of hydrogen-bond acceptors (Lipinski definition) is 4. The van der Waals surface area contributed by atoms with Crippen LogP contribution in [-0.2, 0) is 16.0 Å². The first-order valence-electron chi connectivity index (χ1n) is 5.65. The van der Waals surface area contributed by atoms with Crippen molar-refractivity contribution in [3.8, 4) is 0 Å². The largest absolute Gasteiger partial charge is 0.355 e. The Morgan fingerprint density at radius 1 is 1.44 bits per heavy atom. The highest BCUT2D eigenvalue weighted by molar-refractivity contribution is 7.09.